The molecule has 0 spiro atoms. The summed E-state index contributed by atoms with van der Waals surface area (Å²) in [5.41, 5.74) is 0.440. The highest BCUT2D eigenvalue weighted by molar-refractivity contribution is 9.10. The van der Waals surface area contributed by atoms with Gasteiger partial charge in [-0.3, -0.25) is 10.1 Å². The van der Waals surface area contributed by atoms with E-state index in [1.165, 1.54) is 6.20 Å². The average molecular weight is 254 g/mol. The van der Waals surface area contributed by atoms with E-state index in [1.807, 2.05) is 0 Å². The Balaban J connectivity index is 2.81. The molecule has 5 nitrogen and oxygen atoms in total. The standard InChI is InChI=1S/C8H4BrN3O2/c9-7-5-2-1-3-10-8(5)11-4-6(7)12(13)14/h1-4H. The Morgan fingerprint density at radius 3 is 2.93 bits per heavy atom. The molecule has 2 aromatic heterocycles. The minimum absolute atomic E-state index is 0.0505. The van der Waals surface area contributed by atoms with Gasteiger partial charge in [0.2, 0.25) is 0 Å². The number of hydrogen-bond acceptors (Lipinski definition) is 4. The van der Waals surface area contributed by atoms with Crippen LogP contribution < -0.4 is 0 Å². The number of halogens is 1. The van der Waals surface area contributed by atoms with Crippen LogP contribution in [-0.2, 0) is 0 Å². The molecule has 0 aliphatic carbocycles. The van der Waals surface area contributed by atoms with Crippen molar-refractivity contribution < 1.29 is 4.92 Å². The van der Waals surface area contributed by atoms with Crippen LogP contribution in [0.2, 0.25) is 0 Å². The van der Waals surface area contributed by atoms with Crippen LogP contribution in [0.25, 0.3) is 11.0 Å². The minimum atomic E-state index is -0.483. The summed E-state index contributed by atoms with van der Waals surface area (Å²) in [5.74, 6) is 0. The van der Waals surface area contributed by atoms with Gasteiger partial charge in [0.05, 0.1) is 4.92 Å². The van der Waals surface area contributed by atoms with E-state index in [0.717, 1.165) is 0 Å². The molecule has 0 unspecified atom stereocenters. The van der Waals surface area contributed by atoms with Gasteiger partial charge in [-0.1, -0.05) is 0 Å². The molecule has 70 valence electrons. The lowest BCUT2D eigenvalue weighted by Crippen LogP contribution is -1.92. The second-order valence-electron chi connectivity index (χ2n) is 2.59. The third-order valence-electron chi connectivity index (χ3n) is 1.75. The molecule has 0 saturated carbocycles. The fourth-order valence-corrected chi connectivity index (χ4v) is 1.67. The van der Waals surface area contributed by atoms with Crippen molar-refractivity contribution in [2.24, 2.45) is 0 Å². The number of hydrogen-bond donors (Lipinski definition) is 0. The molecule has 0 saturated heterocycles. The molecule has 0 N–H and O–H groups in total. The van der Waals surface area contributed by atoms with Gasteiger partial charge < -0.3 is 0 Å². The molecule has 0 radical (unpaired) electrons. The third kappa shape index (κ3) is 1.33. The van der Waals surface area contributed by atoms with Gasteiger partial charge in [-0.15, -0.1) is 0 Å². The van der Waals surface area contributed by atoms with Crippen LogP contribution in [0.1, 0.15) is 0 Å². The molecule has 2 heterocycles. The predicted octanol–water partition coefficient (Wildman–Crippen LogP) is 2.30. The average Bonchev–Trinajstić information content (AvgIpc) is 2.18. The Kier molecular flexibility index (Phi) is 2.12. The van der Waals surface area contributed by atoms with Gasteiger partial charge in [0.25, 0.3) is 0 Å². The summed E-state index contributed by atoms with van der Waals surface area (Å²) < 4.78 is 0.417. The molecule has 2 aromatic rings. The molecular formula is C8H4BrN3O2. The first-order chi connectivity index (χ1) is 6.70. The van der Waals surface area contributed by atoms with Crippen LogP contribution in [-0.4, -0.2) is 14.9 Å². The Morgan fingerprint density at radius 2 is 2.21 bits per heavy atom. The lowest BCUT2D eigenvalue weighted by molar-refractivity contribution is -0.385. The highest BCUT2D eigenvalue weighted by atomic mass is 79.9. The fourth-order valence-electron chi connectivity index (χ4n) is 1.12. The largest absolute Gasteiger partial charge is 0.302 e. The monoisotopic (exact) mass is 253 g/mol. The van der Waals surface area contributed by atoms with Gasteiger partial charge in [0, 0.05) is 11.6 Å². The maximum atomic E-state index is 10.6. The van der Waals surface area contributed by atoms with Gasteiger partial charge in [0.1, 0.15) is 10.7 Å². The first kappa shape index (κ1) is 9.01. The van der Waals surface area contributed by atoms with E-state index < -0.39 is 4.92 Å². The molecule has 6 heteroatoms. The van der Waals surface area contributed by atoms with E-state index in [-0.39, 0.29) is 5.69 Å². The number of aromatic nitrogens is 2. The zero-order chi connectivity index (χ0) is 10.1. The van der Waals surface area contributed by atoms with Crippen molar-refractivity contribution >= 4 is 32.7 Å². The van der Waals surface area contributed by atoms with Crippen LogP contribution in [0.4, 0.5) is 5.69 Å². The van der Waals surface area contributed by atoms with Gasteiger partial charge in [-0.25, -0.2) is 9.97 Å². The number of rotatable bonds is 1. The Labute approximate surface area is 87.1 Å². The smallest absolute Gasteiger partial charge is 0.258 e. The van der Waals surface area contributed by atoms with Crippen LogP contribution in [0, 0.1) is 10.1 Å². The van der Waals surface area contributed by atoms with Crippen LogP contribution >= 0.6 is 15.9 Å². The van der Waals surface area contributed by atoms with Crippen LogP contribution in [0.5, 0.6) is 0 Å². The highest BCUT2D eigenvalue weighted by Crippen LogP contribution is 2.29. The molecule has 14 heavy (non-hydrogen) atoms. The minimum Gasteiger partial charge on any atom is -0.258 e. The molecule has 0 aliphatic heterocycles. The van der Waals surface area contributed by atoms with Gasteiger partial charge in [0.15, 0.2) is 5.65 Å². The van der Waals surface area contributed by atoms with E-state index in [1.54, 1.807) is 18.3 Å². The Bertz CT molecular complexity index is 515. The second-order valence-corrected chi connectivity index (χ2v) is 3.38. The van der Waals surface area contributed by atoms with Crippen molar-refractivity contribution in [2.75, 3.05) is 0 Å². The molecule has 0 aromatic carbocycles. The molecule has 0 bridgehead atoms. The van der Waals surface area contributed by atoms with E-state index in [9.17, 15) is 10.1 Å². The van der Waals surface area contributed by atoms with Crippen molar-refractivity contribution in [1.82, 2.24) is 9.97 Å². The summed E-state index contributed by atoms with van der Waals surface area (Å²) in [6.45, 7) is 0. The van der Waals surface area contributed by atoms with Crippen LogP contribution in [0.15, 0.2) is 29.0 Å². The summed E-state index contributed by atoms with van der Waals surface area (Å²) >= 11 is 3.16. The molecule has 0 atom stereocenters. The van der Waals surface area contributed by atoms with E-state index in [0.29, 0.717) is 15.5 Å². The number of fused-ring (bicyclic) bond motifs is 1. The summed E-state index contributed by atoms with van der Waals surface area (Å²) in [6.07, 6.45) is 2.78. The summed E-state index contributed by atoms with van der Waals surface area (Å²) in [5, 5.41) is 11.2. The van der Waals surface area contributed by atoms with Crippen molar-refractivity contribution in [3.05, 3.63) is 39.1 Å². The van der Waals surface area contributed by atoms with E-state index in [4.69, 9.17) is 0 Å². The second kappa shape index (κ2) is 3.30. The van der Waals surface area contributed by atoms with Crippen molar-refractivity contribution in [3.8, 4) is 0 Å². The van der Waals surface area contributed by atoms with Crippen molar-refractivity contribution in [1.29, 1.82) is 0 Å². The Hall–Kier alpha value is -1.56. The normalized spacial score (nSPS) is 10.4. The first-order valence-electron chi connectivity index (χ1n) is 3.74. The molecule has 0 amide bonds. The summed E-state index contributed by atoms with van der Waals surface area (Å²) in [6, 6.07) is 3.44. The van der Waals surface area contributed by atoms with E-state index >= 15 is 0 Å². The number of nitrogens with zero attached hydrogens (tertiary/aromatic N) is 3. The quantitative estimate of drug-likeness (QED) is 0.578. The zero-order valence-electron chi connectivity index (χ0n) is 6.85. The zero-order valence-corrected chi connectivity index (χ0v) is 8.43. The summed E-state index contributed by atoms with van der Waals surface area (Å²) in [7, 11) is 0. The fraction of sp³-hybridized carbons (Fsp3) is 0. The van der Waals surface area contributed by atoms with E-state index in [2.05, 4.69) is 25.9 Å². The molecular weight excluding hydrogens is 250 g/mol. The number of nitro groups is 1. The van der Waals surface area contributed by atoms with Gasteiger partial charge in [-0.2, -0.15) is 0 Å². The van der Waals surface area contributed by atoms with Gasteiger partial charge in [-0.05, 0) is 28.1 Å². The third-order valence-corrected chi connectivity index (χ3v) is 2.59. The number of pyridine rings is 2. The maximum absolute atomic E-state index is 10.6. The Morgan fingerprint density at radius 1 is 1.43 bits per heavy atom. The molecule has 0 fully saturated rings. The highest BCUT2D eigenvalue weighted by Gasteiger charge is 2.15. The van der Waals surface area contributed by atoms with Crippen LogP contribution in [0.3, 0.4) is 0 Å². The lowest BCUT2D eigenvalue weighted by atomic mass is 10.3. The van der Waals surface area contributed by atoms with Gasteiger partial charge >= 0.3 is 5.69 Å². The SMILES string of the molecule is O=[N+]([O-])c1cnc2ncccc2c1Br. The first-order valence-corrected chi connectivity index (χ1v) is 4.53. The maximum Gasteiger partial charge on any atom is 0.302 e. The topological polar surface area (TPSA) is 68.9 Å². The van der Waals surface area contributed by atoms with Crippen molar-refractivity contribution in [2.45, 2.75) is 0 Å². The predicted molar refractivity (Wildman–Crippen MR) is 53.9 cm³/mol. The summed E-state index contributed by atoms with van der Waals surface area (Å²) in [4.78, 5) is 18.0. The van der Waals surface area contributed by atoms with Crippen molar-refractivity contribution in [3.63, 3.8) is 0 Å². The molecule has 0 aliphatic rings. The lowest BCUT2D eigenvalue weighted by Gasteiger charge is -1.98. The molecule has 2 rings (SSSR count).